The zero-order valence-electron chi connectivity index (χ0n) is 11.7. The summed E-state index contributed by atoms with van der Waals surface area (Å²) in [6, 6.07) is 12.4. The van der Waals surface area contributed by atoms with E-state index in [1.165, 1.54) is 6.07 Å². The van der Waals surface area contributed by atoms with Crippen molar-refractivity contribution in [2.45, 2.75) is 20.8 Å². The van der Waals surface area contributed by atoms with Crippen LogP contribution in [0.4, 0.5) is 0 Å². The van der Waals surface area contributed by atoms with Gasteiger partial charge in [0, 0.05) is 0 Å². The van der Waals surface area contributed by atoms with Crippen molar-refractivity contribution in [1.29, 1.82) is 5.26 Å². The van der Waals surface area contributed by atoms with Crippen LogP contribution in [0.25, 0.3) is 0 Å². The number of ether oxygens (including phenoxy) is 1. The Morgan fingerprint density at radius 1 is 1.10 bits per heavy atom. The number of carbonyl (C=O) groups is 1. The minimum Gasteiger partial charge on any atom is -0.422 e. The molecule has 2 rings (SSSR count). The lowest BCUT2D eigenvalue weighted by Crippen LogP contribution is -2.10. The van der Waals surface area contributed by atoms with Crippen molar-refractivity contribution in [1.82, 2.24) is 0 Å². The van der Waals surface area contributed by atoms with E-state index >= 15 is 0 Å². The Labute approximate surface area is 118 Å². The van der Waals surface area contributed by atoms with Crippen LogP contribution in [-0.4, -0.2) is 5.97 Å². The zero-order valence-corrected chi connectivity index (χ0v) is 11.7. The highest BCUT2D eigenvalue weighted by molar-refractivity contribution is 5.91. The molecule has 2 aromatic rings. The van der Waals surface area contributed by atoms with Gasteiger partial charge in [-0.15, -0.1) is 0 Å². The molecule has 0 aliphatic carbocycles. The van der Waals surface area contributed by atoms with Gasteiger partial charge in [0.15, 0.2) is 0 Å². The largest absolute Gasteiger partial charge is 0.422 e. The normalized spacial score (nSPS) is 9.90. The fourth-order valence-corrected chi connectivity index (χ4v) is 1.95. The third kappa shape index (κ3) is 2.70. The maximum absolute atomic E-state index is 12.2. The molecule has 0 unspecified atom stereocenters. The molecule has 0 aromatic heterocycles. The molecule has 2 aromatic carbocycles. The van der Waals surface area contributed by atoms with Crippen LogP contribution in [0.15, 0.2) is 36.4 Å². The lowest BCUT2D eigenvalue weighted by atomic mass is 10.1. The Balaban J connectivity index is 2.33. The van der Waals surface area contributed by atoms with Crippen molar-refractivity contribution in [3.8, 4) is 11.8 Å². The average molecular weight is 265 g/mol. The molecule has 0 amide bonds. The maximum Gasteiger partial charge on any atom is 0.343 e. The summed E-state index contributed by atoms with van der Waals surface area (Å²) in [6.45, 7) is 5.81. The van der Waals surface area contributed by atoms with Gasteiger partial charge >= 0.3 is 5.97 Å². The molecular weight excluding hydrogens is 250 g/mol. The molecule has 3 nitrogen and oxygen atoms in total. The van der Waals surface area contributed by atoms with Gasteiger partial charge in [0.25, 0.3) is 0 Å². The van der Waals surface area contributed by atoms with Crippen molar-refractivity contribution in [3.05, 3.63) is 64.2 Å². The fraction of sp³-hybridized carbons (Fsp3) is 0.176. The summed E-state index contributed by atoms with van der Waals surface area (Å²) >= 11 is 0. The van der Waals surface area contributed by atoms with Gasteiger partial charge in [-0.25, -0.2) is 4.79 Å². The van der Waals surface area contributed by atoms with Gasteiger partial charge in [0.2, 0.25) is 0 Å². The molecule has 0 aliphatic heterocycles. The maximum atomic E-state index is 12.2. The molecule has 0 bridgehead atoms. The van der Waals surface area contributed by atoms with Crippen LogP contribution >= 0.6 is 0 Å². The van der Waals surface area contributed by atoms with Crippen molar-refractivity contribution >= 4 is 5.97 Å². The number of carbonyl (C=O) groups excluding carboxylic acids is 1. The molecule has 20 heavy (non-hydrogen) atoms. The van der Waals surface area contributed by atoms with Gasteiger partial charge in [-0.1, -0.05) is 18.2 Å². The van der Waals surface area contributed by atoms with Gasteiger partial charge < -0.3 is 4.74 Å². The Morgan fingerprint density at radius 3 is 2.50 bits per heavy atom. The van der Waals surface area contributed by atoms with Gasteiger partial charge in [0.05, 0.1) is 17.2 Å². The first kappa shape index (κ1) is 13.8. The number of hydrogen-bond donors (Lipinski definition) is 0. The number of nitrogens with zero attached hydrogens (tertiary/aromatic N) is 1. The highest BCUT2D eigenvalue weighted by atomic mass is 16.5. The molecule has 0 heterocycles. The van der Waals surface area contributed by atoms with Crippen LogP contribution in [0.3, 0.4) is 0 Å². The van der Waals surface area contributed by atoms with Crippen LogP contribution in [-0.2, 0) is 0 Å². The SMILES string of the molecule is Cc1ccc(C)c(OC(=O)c2cccc(C#N)c2)c1C. The Kier molecular flexibility index (Phi) is 3.86. The summed E-state index contributed by atoms with van der Waals surface area (Å²) in [5, 5.41) is 8.86. The average Bonchev–Trinajstić information content (AvgIpc) is 2.47. The van der Waals surface area contributed by atoms with Crippen molar-refractivity contribution in [3.63, 3.8) is 0 Å². The van der Waals surface area contributed by atoms with E-state index in [9.17, 15) is 4.79 Å². The van der Waals surface area contributed by atoms with Crippen LogP contribution < -0.4 is 4.74 Å². The number of aryl methyl sites for hydroxylation is 2. The molecular formula is C17H15NO2. The zero-order chi connectivity index (χ0) is 14.7. The highest BCUT2D eigenvalue weighted by Crippen LogP contribution is 2.26. The number of benzene rings is 2. The summed E-state index contributed by atoms with van der Waals surface area (Å²) in [7, 11) is 0. The molecule has 0 saturated carbocycles. The molecule has 0 N–H and O–H groups in total. The Bertz CT molecular complexity index is 711. The van der Waals surface area contributed by atoms with E-state index in [4.69, 9.17) is 10.00 Å². The van der Waals surface area contributed by atoms with E-state index in [2.05, 4.69) is 0 Å². The van der Waals surface area contributed by atoms with Crippen molar-refractivity contribution in [2.24, 2.45) is 0 Å². The summed E-state index contributed by atoms with van der Waals surface area (Å²) in [6.07, 6.45) is 0. The monoisotopic (exact) mass is 265 g/mol. The van der Waals surface area contributed by atoms with Crippen LogP contribution in [0.1, 0.15) is 32.6 Å². The van der Waals surface area contributed by atoms with Crippen molar-refractivity contribution < 1.29 is 9.53 Å². The molecule has 0 spiro atoms. The first-order valence-corrected chi connectivity index (χ1v) is 6.32. The molecule has 0 aliphatic rings. The van der Waals surface area contributed by atoms with E-state index in [0.29, 0.717) is 16.9 Å². The van der Waals surface area contributed by atoms with E-state index in [0.717, 1.165) is 16.7 Å². The summed E-state index contributed by atoms with van der Waals surface area (Å²) in [4.78, 5) is 12.2. The Hall–Kier alpha value is -2.60. The summed E-state index contributed by atoms with van der Waals surface area (Å²) in [5.41, 5.74) is 3.76. The molecule has 3 heteroatoms. The number of rotatable bonds is 2. The van der Waals surface area contributed by atoms with Gasteiger partial charge in [-0.2, -0.15) is 5.26 Å². The van der Waals surface area contributed by atoms with E-state index < -0.39 is 5.97 Å². The van der Waals surface area contributed by atoms with Crippen molar-refractivity contribution in [2.75, 3.05) is 0 Å². The molecule has 0 saturated heterocycles. The quantitative estimate of drug-likeness (QED) is 0.614. The molecule has 0 atom stereocenters. The van der Waals surface area contributed by atoms with Crippen LogP contribution in [0.5, 0.6) is 5.75 Å². The predicted octanol–water partition coefficient (Wildman–Crippen LogP) is 3.70. The van der Waals surface area contributed by atoms with Gasteiger partial charge in [0.1, 0.15) is 5.75 Å². The lowest BCUT2D eigenvalue weighted by molar-refractivity contribution is 0.0732. The smallest absolute Gasteiger partial charge is 0.343 e. The first-order valence-electron chi connectivity index (χ1n) is 6.32. The lowest BCUT2D eigenvalue weighted by Gasteiger charge is -2.12. The fourth-order valence-electron chi connectivity index (χ4n) is 1.95. The van der Waals surface area contributed by atoms with Gasteiger partial charge in [-0.05, 0) is 55.7 Å². The second kappa shape index (κ2) is 5.58. The van der Waals surface area contributed by atoms with Crippen LogP contribution in [0, 0.1) is 32.1 Å². The molecule has 100 valence electrons. The highest BCUT2D eigenvalue weighted by Gasteiger charge is 2.13. The van der Waals surface area contributed by atoms with E-state index in [-0.39, 0.29) is 0 Å². The minimum atomic E-state index is -0.445. The summed E-state index contributed by atoms with van der Waals surface area (Å²) < 4.78 is 5.49. The minimum absolute atomic E-state index is 0.379. The number of hydrogen-bond acceptors (Lipinski definition) is 3. The summed E-state index contributed by atoms with van der Waals surface area (Å²) in [5.74, 6) is 0.149. The molecule has 0 radical (unpaired) electrons. The standard InChI is InChI=1S/C17H15NO2/c1-11-7-8-12(2)16(13(11)3)20-17(19)15-6-4-5-14(9-15)10-18/h4-9H,1-3H3. The number of esters is 1. The predicted molar refractivity (Wildman–Crippen MR) is 76.8 cm³/mol. The van der Waals surface area contributed by atoms with Crippen LogP contribution in [0.2, 0.25) is 0 Å². The van der Waals surface area contributed by atoms with E-state index in [1.54, 1.807) is 18.2 Å². The molecule has 0 fully saturated rings. The van der Waals surface area contributed by atoms with E-state index in [1.807, 2.05) is 39.0 Å². The number of nitriles is 1. The Morgan fingerprint density at radius 2 is 1.80 bits per heavy atom. The second-order valence-electron chi connectivity index (χ2n) is 4.74. The third-order valence-corrected chi connectivity index (χ3v) is 3.30. The second-order valence-corrected chi connectivity index (χ2v) is 4.74. The topological polar surface area (TPSA) is 50.1 Å². The third-order valence-electron chi connectivity index (χ3n) is 3.30. The first-order chi connectivity index (χ1) is 9.52. The van der Waals surface area contributed by atoms with Gasteiger partial charge in [-0.3, -0.25) is 0 Å².